The average molecular weight is 224 g/mol. The molecule has 16 heavy (non-hydrogen) atoms. The molecule has 0 aromatic carbocycles. The van der Waals surface area contributed by atoms with Crippen LogP contribution in [0.1, 0.15) is 16.1 Å². The van der Waals surface area contributed by atoms with Gasteiger partial charge in [-0.3, -0.25) is 4.98 Å². The molecule has 1 aromatic heterocycles. The van der Waals surface area contributed by atoms with Crippen LogP contribution in [-0.2, 0) is 16.1 Å². The van der Waals surface area contributed by atoms with Crippen LogP contribution in [0, 0.1) is 0 Å². The molecule has 0 atom stereocenters. The van der Waals surface area contributed by atoms with Crippen molar-refractivity contribution in [1.82, 2.24) is 10.3 Å². The molecule has 0 fully saturated rings. The summed E-state index contributed by atoms with van der Waals surface area (Å²) in [7, 11) is 3.21. The summed E-state index contributed by atoms with van der Waals surface area (Å²) in [5.41, 5.74) is 1.24. The van der Waals surface area contributed by atoms with Crippen molar-refractivity contribution in [3.8, 4) is 0 Å². The zero-order chi connectivity index (χ0) is 11.8. The third kappa shape index (κ3) is 3.96. The highest BCUT2D eigenvalue weighted by Gasteiger charge is 2.04. The molecule has 1 heterocycles. The second-order valence-electron chi connectivity index (χ2n) is 3.19. The van der Waals surface area contributed by atoms with Gasteiger partial charge >= 0.3 is 5.97 Å². The number of rotatable bonds is 6. The molecule has 0 saturated carbocycles. The number of nitrogens with one attached hydrogen (secondary N) is 1. The molecule has 0 radical (unpaired) electrons. The van der Waals surface area contributed by atoms with Gasteiger partial charge in [0.25, 0.3) is 0 Å². The molecule has 0 amide bonds. The predicted molar refractivity (Wildman–Crippen MR) is 59.2 cm³/mol. The third-order valence-corrected chi connectivity index (χ3v) is 1.99. The van der Waals surface area contributed by atoms with E-state index in [1.165, 1.54) is 13.3 Å². The van der Waals surface area contributed by atoms with Crippen molar-refractivity contribution in [2.45, 2.75) is 6.61 Å². The maximum Gasteiger partial charge on any atom is 0.339 e. The lowest BCUT2D eigenvalue weighted by Gasteiger charge is -2.04. The third-order valence-electron chi connectivity index (χ3n) is 1.99. The minimum Gasteiger partial charge on any atom is -0.465 e. The van der Waals surface area contributed by atoms with Crippen molar-refractivity contribution in [3.63, 3.8) is 0 Å². The number of aromatic nitrogens is 1. The van der Waals surface area contributed by atoms with Crippen LogP contribution in [0.4, 0.5) is 0 Å². The summed E-state index contributed by atoms with van der Waals surface area (Å²) in [6.45, 7) is 1.89. The maximum absolute atomic E-state index is 11.1. The number of likely N-dealkylation sites (N-methyl/N-ethyl adjacent to an activating group) is 1. The second-order valence-corrected chi connectivity index (χ2v) is 3.19. The van der Waals surface area contributed by atoms with E-state index in [-0.39, 0.29) is 5.97 Å². The SMILES string of the molecule is CNCCOCc1ccc(C(=O)OC)cn1. The first-order chi connectivity index (χ1) is 7.77. The smallest absolute Gasteiger partial charge is 0.339 e. The van der Waals surface area contributed by atoms with Crippen LogP contribution in [-0.4, -0.2) is 38.3 Å². The van der Waals surface area contributed by atoms with E-state index in [0.29, 0.717) is 18.8 Å². The van der Waals surface area contributed by atoms with E-state index in [1.54, 1.807) is 12.1 Å². The summed E-state index contributed by atoms with van der Waals surface area (Å²) in [6, 6.07) is 3.43. The molecule has 0 aliphatic rings. The number of esters is 1. The zero-order valence-electron chi connectivity index (χ0n) is 9.53. The Bertz CT molecular complexity index is 325. The fraction of sp³-hybridized carbons (Fsp3) is 0.455. The van der Waals surface area contributed by atoms with E-state index < -0.39 is 0 Å². The number of ether oxygens (including phenoxy) is 2. The van der Waals surface area contributed by atoms with Gasteiger partial charge in [-0.05, 0) is 19.2 Å². The van der Waals surface area contributed by atoms with Crippen LogP contribution in [0.5, 0.6) is 0 Å². The standard InChI is InChI=1S/C11H16N2O3/c1-12-5-6-16-8-10-4-3-9(7-13-10)11(14)15-2/h3-4,7,12H,5-6,8H2,1-2H3. The van der Waals surface area contributed by atoms with Gasteiger partial charge < -0.3 is 14.8 Å². The molecule has 1 rings (SSSR count). The van der Waals surface area contributed by atoms with Gasteiger partial charge in [0, 0.05) is 12.7 Å². The summed E-state index contributed by atoms with van der Waals surface area (Å²) >= 11 is 0. The van der Waals surface area contributed by atoms with Crippen LogP contribution in [0.2, 0.25) is 0 Å². The van der Waals surface area contributed by atoms with Crippen molar-refractivity contribution in [2.75, 3.05) is 27.3 Å². The first kappa shape index (κ1) is 12.6. The van der Waals surface area contributed by atoms with Crippen molar-refractivity contribution in [2.24, 2.45) is 0 Å². The molecule has 0 unspecified atom stereocenters. The lowest BCUT2D eigenvalue weighted by molar-refractivity contribution is 0.0600. The van der Waals surface area contributed by atoms with E-state index in [4.69, 9.17) is 4.74 Å². The Morgan fingerprint density at radius 2 is 2.31 bits per heavy atom. The van der Waals surface area contributed by atoms with Crippen molar-refractivity contribution in [1.29, 1.82) is 0 Å². The minimum atomic E-state index is -0.379. The molecule has 5 nitrogen and oxygen atoms in total. The molecule has 0 aliphatic carbocycles. The molecule has 5 heteroatoms. The molecular weight excluding hydrogens is 208 g/mol. The average Bonchev–Trinajstić information content (AvgIpc) is 2.34. The Hall–Kier alpha value is -1.46. The lowest BCUT2D eigenvalue weighted by Crippen LogP contribution is -2.14. The van der Waals surface area contributed by atoms with Gasteiger partial charge in [0.15, 0.2) is 0 Å². The van der Waals surface area contributed by atoms with E-state index in [2.05, 4.69) is 15.0 Å². The van der Waals surface area contributed by atoms with Crippen LogP contribution in [0.15, 0.2) is 18.3 Å². The fourth-order valence-electron chi connectivity index (χ4n) is 1.10. The van der Waals surface area contributed by atoms with Gasteiger partial charge in [0.2, 0.25) is 0 Å². The molecule has 0 spiro atoms. The molecule has 0 saturated heterocycles. The van der Waals surface area contributed by atoms with Gasteiger partial charge in [-0.1, -0.05) is 0 Å². The van der Waals surface area contributed by atoms with Gasteiger partial charge in [-0.2, -0.15) is 0 Å². The predicted octanol–water partition coefficient (Wildman–Crippen LogP) is 0.604. The summed E-state index contributed by atoms with van der Waals surface area (Å²) in [5.74, 6) is -0.379. The topological polar surface area (TPSA) is 60.5 Å². The summed E-state index contributed by atoms with van der Waals surface area (Å²) in [5, 5.41) is 2.98. The lowest BCUT2D eigenvalue weighted by atomic mass is 10.2. The first-order valence-electron chi connectivity index (χ1n) is 5.03. The number of pyridine rings is 1. The zero-order valence-corrected chi connectivity index (χ0v) is 9.53. The number of carbonyl (C=O) groups is 1. The highest BCUT2D eigenvalue weighted by atomic mass is 16.5. The van der Waals surface area contributed by atoms with Crippen molar-refractivity contribution < 1.29 is 14.3 Å². The second kappa shape index (κ2) is 6.92. The van der Waals surface area contributed by atoms with Gasteiger partial charge in [-0.15, -0.1) is 0 Å². The number of methoxy groups -OCH3 is 1. The maximum atomic E-state index is 11.1. The number of nitrogens with zero attached hydrogens (tertiary/aromatic N) is 1. The molecule has 1 N–H and O–H groups in total. The Kier molecular flexibility index (Phi) is 5.45. The molecule has 88 valence electrons. The summed E-state index contributed by atoms with van der Waals surface area (Å²) in [4.78, 5) is 15.2. The first-order valence-corrected chi connectivity index (χ1v) is 5.03. The molecule has 0 bridgehead atoms. The Balaban J connectivity index is 2.42. The Morgan fingerprint density at radius 1 is 1.50 bits per heavy atom. The number of hydrogen-bond donors (Lipinski definition) is 1. The van der Waals surface area contributed by atoms with E-state index in [9.17, 15) is 4.79 Å². The molecule has 1 aromatic rings. The van der Waals surface area contributed by atoms with E-state index >= 15 is 0 Å². The molecule has 0 aliphatic heterocycles. The number of carbonyl (C=O) groups excluding carboxylic acids is 1. The molecular formula is C11H16N2O3. The van der Waals surface area contributed by atoms with Gasteiger partial charge in [-0.25, -0.2) is 4.79 Å². The Labute approximate surface area is 94.8 Å². The minimum absolute atomic E-state index is 0.379. The van der Waals surface area contributed by atoms with Crippen LogP contribution < -0.4 is 5.32 Å². The van der Waals surface area contributed by atoms with E-state index in [0.717, 1.165) is 12.2 Å². The quantitative estimate of drug-likeness (QED) is 0.566. The van der Waals surface area contributed by atoms with Crippen LogP contribution in [0.3, 0.4) is 0 Å². The largest absolute Gasteiger partial charge is 0.465 e. The van der Waals surface area contributed by atoms with Gasteiger partial charge in [0.1, 0.15) is 0 Å². The van der Waals surface area contributed by atoms with Gasteiger partial charge in [0.05, 0.1) is 31.6 Å². The Morgan fingerprint density at radius 3 is 2.88 bits per heavy atom. The fourth-order valence-corrected chi connectivity index (χ4v) is 1.10. The highest BCUT2D eigenvalue weighted by Crippen LogP contribution is 2.03. The monoisotopic (exact) mass is 224 g/mol. The normalized spacial score (nSPS) is 10.1. The summed E-state index contributed by atoms with van der Waals surface area (Å²) in [6.07, 6.45) is 1.49. The van der Waals surface area contributed by atoms with Crippen molar-refractivity contribution >= 4 is 5.97 Å². The number of hydrogen-bond acceptors (Lipinski definition) is 5. The highest BCUT2D eigenvalue weighted by molar-refractivity contribution is 5.88. The van der Waals surface area contributed by atoms with Crippen LogP contribution >= 0.6 is 0 Å². The van der Waals surface area contributed by atoms with Crippen molar-refractivity contribution in [3.05, 3.63) is 29.6 Å². The summed E-state index contributed by atoms with van der Waals surface area (Å²) < 4.78 is 9.92. The van der Waals surface area contributed by atoms with E-state index in [1.807, 2.05) is 7.05 Å². The van der Waals surface area contributed by atoms with Crippen LogP contribution in [0.25, 0.3) is 0 Å².